The van der Waals surface area contributed by atoms with Crippen LogP contribution in [0.4, 0.5) is 0 Å². The third kappa shape index (κ3) is 4.95. The van der Waals surface area contributed by atoms with Gasteiger partial charge in [0, 0.05) is 48.6 Å². The highest BCUT2D eigenvalue weighted by atomic mass is 16.5. The minimum absolute atomic E-state index is 0.208. The van der Waals surface area contributed by atoms with Crippen LogP contribution < -0.4 is 10.1 Å². The van der Waals surface area contributed by atoms with Crippen LogP contribution in [0.3, 0.4) is 0 Å². The number of benzene rings is 2. The van der Waals surface area contributed by atoms with Crippen LogP contribution in [-0.4, -0.2) is 72.0 Å². The molecule has 0 saturated carbocycles. The largest absolute Gasteiger partial charge is 0.496 e. The molecule has 2 atom stereocenters. The van der Waals surface area contributed by atoms with Gasteiger partial charge in [0.25, 0.3) is 11.8 Å². The molecule has 2 amide bonds. The molecule has 3 N–H and O–H groups in total. The van der Waals surface area contributed by atoms with Crippen LogP contribution in [0.2, 0.25) is 0 Å². The number of likely N-dealkylation sites (tertiary alicyclic amines) is 1. The molecule has 2 aromatic carbocycles. The molecular formula is C25H28N4O5. The first-order valence-corrected chi connectivity index (χ1v) is 11.0. The predicted molar refractivity (Wildman–Crippen MR) is 126 cm³/mol. The number of rotatable bonds is 8. The van der Waals surface area contributed by atoms with Crippen molar-refractivity contribution in [2.24, 2.45) is 0 Å². The number of β-amino-alcohol motifs (C(OH)–C–C–N with tert-alkyl or cyclic N) is 1. The zero-order chi connectivity index (χ0) is 24.1. The molecule has 0 radical (unpaired) electrons. The molecule has 1 unspecified atom stereocenters. The van der Waals surface area contributed by atoms with Crippen molar-refractivity contribution < 1.29 is 24.2 Å². The molecule has 1 aliphatic heterocycles. The fourth-order valence-corrected chi connectivity index (χ4v) is 4.24. The van der Waals surface area contributed by atoms with E-state index in [9.17, 15) is 14.7 Å². The molecule has 9 heteroatoms. The maximum absolute atomic E-state index is 13.5. The van der Waals surface area contributed by atoms with Crippen molar-refractivity contribution in [2.75, 3.05) is 33.9 Å². The van der Waals surface area contributed by atoms with Crippen molar-refractivity contribution in [3.05, 3.63) is 71.5 Å². The van der Waals surface area contributed by atoms with Crippen LogP contribution in [0.25, 0.3) is 11.1 Å². The number of nitrogens with one attached hydrogen (secondary N) is 2. The van der Waals surface area contributed by atoms with Gasteiger partial charge in [-0.05, 0) is 42.3 Å². The second kappa shape index (κ2) is 10.5. The quantitative estimate of drug-likeness (QED) is 0.441. The molecule has 1 fully saturated rings. The van der Waals surface area contributed by atoms with Gasteiger partial charge in [-0.15, -0.1) is 0 Å². The van der Waals surface area contributed by atoms with Gasteiger partial charge in [-0.1, -0.05) is 12.1 Å². The smallest absolute Gasteiger partial charge is 0.254 e. The SMILES string of the molecule is COCCNC(=O)c1cccc([C@H]2CC(O)CN2C(=O)c2ccc(-c3cn[nH]c3)c(OC)c2)c1. The number of aromatic amines is 1. The second-order valence-electron chi connectivity index (χ2n) is 8.14. The van der Waals surface area contributed by atoms with Crippen LogP contribution in [0.1, 0.15) is 38.7 Å². The maximum atomic E-state index is 13.5. The number of hydrogen-bond acceptors (Lipinski definition) is 6. The van der Waals surface area contributed by atoms with E-state index >= 15 is 0 Å². The van der Waals surface area contributed by atoms with Crippen molar-refractivity contribution in [3.63, 3.8) is 0 Å². The van der Waals surface area contributed by atoms with Crippen molar-refractivity contribution in [2.45, 2.75) is 18.6 Å². The van der Waals surface area contributed by atoms with Gasteiger partial charge in [-0.25, -0.2) is 0 Å². The van der Waals surface area contributed by atoms with Gasteiger partial charge in [-0.3, -0.25) is 14.7 Å². The number of aliphatic hydroxyl groups is 1. The number of amides is 2. The zero-order valence-corrected chi connectivity index (χ0v) is 19.2. The van der Waals surface area contributed by atoms with Gasteiger partial charge in [0.2, 0.25) is 0 Å². The lowest BCUT2D eigenvalue weighted by Crippen LogP contribution is -2.32. The van der Waals surface area contributed by atoms with Crippen LogP contribution in [0.5, 0.6) is 5.75 Å². The highest BCUT2D eigenvalue weighted by Gasteiger charge is 2.36. The molecule has 4 rings (SSSR count). The molecule has 1 aliphatic rings. The number of hydrogen-bond donors (Lipinski definition) is 3. The number of nitrogens with zero attached hydrogens (tertiary/aromatic N) is 2. The standard InChI is InChI=1S/C25H28N4O5/c1-33-9-8-26-24(31)17-5-3-4-16(10-17)22-12-20(30)15-29(22)25(32)18-6-7-21(23(11-18)34-2)19-13-27-28-14-19/h3-7,10-11,13-14,20,22,30H,8-9,12,15H2,1-2H3,(H,26,31)(H,27,28)/t20?,22-/m1/s1. The van der Waals surface area contributed by atoms with Crippen LogP contribution >= 0.6 is 0 Å². The summed E-state index contributed by atoms with van der Waals surface area (Å²) in [7, 11) is 3.13. The number of aliphatic hydroxyl groups excluding tert-OH is 1. The van der Waals surface area contributed by atoms with Gasteiger partial charge in [0.1, 0.15) is 5.75 Å². The number of aromatic nitrogens is 2. The van der Waals surface area contributed by atoms with Gasteiger partial charge in [0.15, 0.2) is 0 Å². The summed E-state index contributed by atoms with van der Waals surface area (Å²) in [6, 6.07) is 12.1. The van der Waals surface area contributed by atoms with Crippen molar-refractivity contribution >= 4 is 11.8 Å². The summed E-state index contributed by atoms with van der Waals surface area (Å²) < 4.78 is 10.5. The summed E-state index contributed by atoms with van der Waals surface area (Å²) in [6.07, 6.45) is 3.18. The number of ether oxygens (including phenoxy) is 2. The highest BCUT2D eigenvalue weighted by Crippen LogP contribution is 2.36. The third-order valence-corrected chi connectivity index (χ3v) is 5.92. The summed E-state index contributed by atoms with van der Waals surface area (Å²) in [6.45, 7) is 1.04. The molecule has 178 valence electrons. The number of H-pyrrole nitrogens is 1. The minimum Gasteiger partial charge on any atom is -0.496 e. The van der Waals surface area contributed by atoms with E-state index in [1.165, 1.54) is 0 Å². The summed E-state index contributed by atoms with van der Waals surface area (Å²) in [4.78, 5) is 27.6. The molecule has 1 saturated heterocycles. The van der Waals surface area contributed by atoms with Crippen molar-refractivity contribution in [1.82, 2.24) is 20.4 Å². The van der Waals surface area contributed by atoms with Gasteiger partial charge < -0.3 is 24.8 Å². The minimum atomic E-state index is -0.653. The Hall–Kier alpha value is -3.69. The molecule has 3 aromatic rings. The normalized spacial score (nSPS) is 17.6. The number of carbonyl (C=O) groups is 2. The Morgan fingerprint density at radius 2 is 2.06 bits per heavy atom. The van der Waals surface area contributed by atoms with Crippen LogP contribution in [0, 0.1) is 0 Å². The Morgan fingerprint density at radius 1 is 1.21 bits per heavy atom. The molecule has 0 aliphatic carbocycles. The Bertz CT molecular complexity index is 1150. The molecule has 9 nitrogen and oxygen atoms in total. The third-order valence-electron chi connectivity index (χ3n) is 5.92. The molecular weight excluding hydrogens is 436 g/mol. The Kier molecular flexibility index (Phi) is 7.24. The lowest BCUT2D eigenvalue weighted by molar-refractivity contribution is 0.0715. The summed E-state index contributed by atoms with van der Waals surface area (Å²) in [5, 5.41) is 19.9. The van der Waals surface area contributed by atoms with E-state index in [0.29, 0.717) is 36.4 Å². The highest BCUT2D eigenvalue weighted by molar-refractivity contribution is 5.96. The van der Waals surface area contributed by atoms with Crippen molar-refractivity contribution in [1.29, 1.82) is 0 Å². The first-order valence-electron chi connectivity index (χ1n) is 11.0. The van der Waals surface area contributed by atoms with E-state index in [2.05, 4.69) is 15.5 Å². The van der Waals surface area contributed by atoms with Gasteiger partial charge in [0.05, 0.1) is 32.1 Å². The first kappa shape index (κ1) is 23.5. The monoisotopic (exact) mass is 464 g/mol. The van der Waals surface area contributed by atoms with Crippen LogP contribution in [0.15, 0.2) is 54.9 Å². The lowest BCUT2D eigenvalue weighted by Gasteiger charge is -2.25. The van der Waals surface area contributed by atoms with Gasteiger partial charge >= 0.3 is 0 Å². The predicted octanol–water partition coefficient (Wildman–Crippen LogP) is 2.41. The maximum Gasteiger partial charge on any atom is 0.254 e. The van der Waals surface area contributed by atoms with E-state index < -0.39 is 6.10 Å². The van der Waals surface area contributed by atoms with Crippen LogP contribution in [-0.2, 0) is 4.74 Å². The topological polar surface area (TPSA) is 117 Å². The Morgan fingerprint density at radius 3 is 2.79 bits per heavy atom. The first-order chi connectivity index (χ1) is 16.5. The zero-order valence-electron chi connectivity index (χ0n) is 19.2. The lowest BCUT2D eigenvalue weighted by atomic mass is 10.00. The summed E-state index contributed by atoms with van der Waals surface area (Å²) >= 11 is 0. The van der Waals surface area contributed by atoms with E-state index in [1.54, 1.807) is 61.8 Å². The molecule has 2 heterocycles. The summed E-state index contributed by atoms with van der Waals surface area (Å²) in [5.74, 6) is 0.127. The fourth-order valence-electron chi connectivity index (χ4n) is 4.24. The molecule has 0 spiro atoms. The van der Waals surface area contributed by atoms with Gasteiger partial charge in [-0.2, -0.15) is 5.10 Å². The number of methoxy groups -OCH3 is 2. The fraction of sp³-hybridized carbons (Fsp3) is 0.320. The van der Waals surface area contributed by atoms with Crippen molar-refractivity contribution in [3.8, 4) is 16.9 Å². The van der Waals surface area contributed by atoms with E-state index in [4.69, 9.17) is 9.47 Å². The summed E-state index contributed by atoms with van der Waals surface area (Å²) in [5.41, 5.74) is 3.42. The average Bonchev–Trinajstić information content (AvgIpc) is 3.53. The van der Waals surface area contributed by atoms with E-state index in [1.807, 2.05) is 12.1 Å². The second-order valence-corrected chi connectivity index (χ2v) is 8.14. The van der Waals surface area contributed by atoms with E-state index in [0.717, 1.165) is 16.7 Å². The number of carbonyl (C=O) groups excluding carboxylic acids is 2. The Labute approximate surface area is 197 Å². The Balaban J connectivity index is 1.58. The molecule has 34 heavy (non-hydrogen) atoms. The average molecular weight is 465 g/mol. The van der Waals surface area contributed by atoms with E-state index in [-0.39, 0.29) is 24.4 Å². The molecule has 0 bridgehead atoms. The molecule has 1 aromatic heterocycles.